The van der Waals surface area contributed by atoms with E-state index in [0.29, 0.717) is 31.2 Å². The van der Waals surface area contributed by atoms with Gasteiger partial charge in [-0.15, -0.1) is 0 Å². The number of amides is 2. The summed E-state index contributed by atoms with van der Waals surface area (Å²) in [7, 11) is 0. The first-order chi connectivity index (χ1) is 16.3. The Balaban J connectivity index is 1.54. The average Bonchev–Trinajstić information content (AvgIpc) is 2.84. The number of carbonyl (C=O) groups excluding carboxylic acids is 2. The molecular weight excluding hydrogens is 445 g/mol. The Morgan fingerprint density at radius 1 is 0.853 bits per heavy atom. The predicted molar refractivity (Wildman–Crippen MR) is 121 cm³/mol. The van der Waals surface area contributed by atoms with Gasteiger partial charge in [0.2, 0.25) is 5.91 Å². The lowest BCUT2D eigenvalue weighted by molar-refractivity contribution is -0.136. The number of hydrogen-bond acceptors (Lipinski definition) is 3. The number of ether oxygens (including phenoxy) is 1. The highest BCUT2D eigenvalue weighted by molar-refractivity contribution is 5.94. The summed E-state index contributed by atoms with van der Waals surface area (Å²) in [6.45, 7) is 2.22. The van der Waals surface area contributed by atoms with Gasteiger partial charge in [-0.05, 0) is 68.5 Å². The number of halogens is 3. The van der Waals surface area contributed by atoms with Crippen molar-refractivity contribution in [2.24, 2.45) is 5.41 Å². The topological polar surface area (TPSA) is 49.9 Å². The van der Waals surface area contributed by atoms with E-state index in [1.807, 2.05) is 4.90 Å². The Bertz CT molecular complexity index is 1020. The summed E-state index contributed by atoms with van der Waals surface area (Å²) in [5.41, 5.74) is -0.869. The fourth-order valence-corrected chi connectivity index (χ4v) is 4.87. The van der Waals surface area contributed by atoms with Gasteiger partial charge in [-0.3, -0.25) is 9.59 Å². The van der Waals surface area contributed by atoms with E-state index in [4.69, 9.17) is 4.74 Å². The van der Waals surface area contributed by atoms with Crippen LogP contribution < -0.4 is 4.74 Å². The number of piperidine rings is 2. The maximum absolute atomic E-state index is 14.3. The Hall–Kier alpha value is -3.03. The first-order valence-corrected chi connectivity index (χ1v) is 11.8. The molecule has 0 spiro atoms. The molecule has 0 bridgehead atoms. The molecule has 0 aliphatic carbocycles. The minimum Gasteiger partial charge on any atom is -0.493 e. The summed E-state index contributed by atoms with van der Waals surface area (Å²) >= 11 is 0. The van der Waals surface area contributed by atoms with E-state index in [2.05, 4.69) is 0 Å². The second-order valence-electron chi connectivity index (χ2n) is 9.32. The first-order valence-electron chi connectivity index (χ1n) is 11.8. The molecular formula is C26H29F3N2O3. The van der Waals surface area contributed by atoms with Crippen molar-refractivity contribution >= 4 is 11.8 Å². The summed E-state index contributed by atoms with van der Waals surface area (Å²) in [5, 5.41) is 0. The normalized spacial score (nSPS) is 20.8. The smallest absolute Gasteiger partial charge is 0.256 e. The third-order valence-corrected chi connectivity index (χ3v) is 6.70. The van der Waals surface area contributed by atoms with Crippen LogP contribution in [0.15, 0.2) is 42.5 Å². The highest BCUT2D eigenvalue weighted by Crippen LogP contribution is 2.36. The van der Waals surface area contributed by atoms with Crippen LogP contribution in [-0.2, 0) is 4.79 Å². The minimum atomic E-state index is -0.909. The van der Waals surface area contributed by atoms with E-state index >= 15 is 0 Å². The Kier molecular flexibility index (Phi) is 7.44. The van der Waals surface area contributed by atoms with Crippen molar-refractivity contribution in [3.05, 3.63) is 65.5 Å². The van der Waals surface area contributed by atoms with Gasteiger partial charge in [-0.25, -0.2) is 13.2 Å². The second kappa shape index (κ2) is 10.5. The molecule has 0 radical (unpaired) electrons. The van der Waals surface area contributed by atoms with Gasteiger partial charge in [-0.1, -0.05) is 0 Å². The molecule has 1 unspecified atom stereocenters. The third kappa shape index (κ3) is 5.72. The molecule has 0 aromatic heterocycles. The van der Waals surface area contributed by atoms with Gasteiger partial charge in [-0.2, -0.15) is 0 Å². The molecule has 2 heterocycles. The van der Waals surface area contributed by atoms with Gasteiger partial charge >= 0.3 is 0 Å². The number of rotatable bonds is 6. The van der Waals surface area contributed by atoms with Gasteiger partial charge in [0.1, 0.15) is 23.2 Å². The van der Waals surface area contributed by atoms with Crippen molar-refractivity contribution in [2.75, 3.05) is 32.8 Å². The SMILES string of the molecule is O=C(CC1(COc2ccc(F)cc2)CCCN(C(=O)c2ccc(F)cc2F)C1)N1CCCCC1. The van der Waals surface area contributed by atoms with Crippen LogP contribution in [0.2, 0.25) is 0 Å². The summed E-state index contributed by atoms with van der Waals surface area (Å²) < 4.78 is 46.9. The molecule has 2 saturated heterocycles. The van der Waals surface area contributed by atoms with Crippen LogP contribution in [0.25, 0.3) is 0 Å². The summed E-state index contributed by atoms with van der Waals surface area (Å²) in [4.78, 5) is 29.7. The fourth-order valence-electron chi connectivity index (χ4n) is 4.87. The van der Waals surface area contributed by atoms with E-state index in [1.165, 1.54) is 29.2 Å². The number of likely N-dealkylation sites (tertiary alicyclic amines) is 2. The van der Waals surface area contributed by atoms with Crippen LogP contribution in [0.3, 0.4) is 0 Å². The molecule has 5 nitrogen and oxygen atoms in total. The van der Waals surface area contributed by atoms with Crippen LogP contribution in [0.1, 0.15) is 48.9 Å². The van der Waals surface area contributed by atoms with Crippen molar-refractivity contribution in [3.63, 3.8) is 0 Å². The molecule has 34 heavy (non-hydrogen) atoms. The number of nitrogens with zero attached hydrogens (tertiary/aromatic N) is 2. The number of hydrogen-bond donors (Lipinski definition) is 0. The molecule has 2 amide bonds. The largest absolute Gasteiger partial charge is 0.493 e. The zero-order valence-electron chi connectivity index (χ0n) is 19.1. The average molecular weight is 475 g/mol. The van der Waals surface area contributed by atoms with Crippen LogP contribution in [0, 0.1) is 22.9 Å². The van der Waals surface area contributed by atoms with E-state index in [1.54, 1.807) is 0 Å². The van der Waals surface area contributed by atoms with Crippen LogP contribution in [0.4, 0.5) is 13.2 Å². The van der Waals surface area contributed by atoms with Crippen molar-refractivity contribution < 1.29 is 27.5 Å². The van der Waals surface area contributed by atoms with Gasteiger partial charge in [0.25, 0.3) is 5.91 Å². The molecule has 0 N–H and O–H groups in total. The van der Waals surface area contributed by atoms with Gasteiger partial charge in [0.05, 0.1) is 12.2 Å². The minimum absolute atomic E-state index is 0.0182. The molecule has 1 atom stereocenters. The van der Waals surface area contributed by atoms with Crippen LogP contribution >= 0.6 is 0 Å². The zero-order valence-corrected chi connectivity index (χ0v) is 19.1. The lowest BCUT2D eigenvalue weighted by Gasteiger charge is -2.43. The zero-order chi connectivity index (χ0) is 24.1. The molecule has 4 rings (SSSR count). The van der Waals surface area contributed by atoms with Crippen molar-refractivity contribution in [1.29, 1.82) is 0 Å². The lowest BCUT2D eigenvalue weighted by Crippen LogP contribution is -2.51. The summed E-state index contributed by atoms with van der Waals surface area (Å²) in [6, 6.07) is 8.55. The van der Waals surface area contributed by atoms with Gasteiger partial charge in [0.15, 0.2) is 0 Å². The van der Waals surface area contributed by atoms with Gasteiger partial charge in [0, 0.05) is 44.1 Å². The van der Waals surface area contributed by atoms with E-state index < -0.39 is 23.0 Å². The van der Waals surface area contributed by atoms with Crippen molar-refractivity contribution in [3.8, 4) is 5.75 Å². The maximum atomic E-state index is 14.3. The molecule has 2 fully saturated rings. The first kappa shape index (κ1) is 24.1. The van der Waals surface area contributed by atoms with E-state index in [-0.39, 0.29) is 36.9 Å². The van der Waals surface area contributed by atoms with Gasteiger partial charge < -0.3 is 14.5 Å². The second-order valence-corrected chi connectivity index (χ2v) is 9.32. The summed E-state index contributed by atoms with van der Waals surface area (Å²) in [6.07, 6.45) is 4.52. The number of benzene rings is 2. The molecule has 2 aliphatic heterocycles. The van der Waals surface area contributed by atoms with Crippen molar-refractivity contribution in [1.82, 2.24) is 9.80 Å². The fraction of sp³-hybridized carbons (Fsp3) is 0.462. The van der Waals surface area contributed by atoms with Crippen LogP contribution in [-0.4, -0.2) is 54.4 Å². The molecule has 2 aromatic rings. The monoisotopic (exact) mass is 474 g/mol. The Morgan fingerprint density at radius 3 is 2.24 bits per heavy atom. The molecule has 0 saturated carbocycles. The van der Waals surface area contributed by atoms with E-state index in [9.17, 15) is 22.8 Å². The highest BCUT2D eigenvalue weighted by Gasteiger charge is 2.41. The Morgan fingerprint density at radius 2 is 1.53 bits per heavy atom. The van der Waals surface area contributed by atoms with E-state index in [0.717, 1.165) is 44.5 Å². The maximum Gasteiger partial charge on any atom is 0.256 e. The Labute approximate surface area is 197 Å². The molecule has 2 aliphatic rings. The third-order valence-electron chi connectivity index (χ3n) is 6.70. The molecule has 2 aromatic carbocycles. The summed E-state index contributed by atoms with van der Waals surface area (Å²) in [5.74, 6) is -2.08. The highest BCUT2D eigenvalue weighted by atomic mass is 19.1. The predicted octanol–water partition coefficient (Wildman–Crippen LogP) is 4.81. The lowest BCUT2D eigenvalue weighted by atomic mass is 9.77. The molecule has 8 heteroatoms. The number of carbonyl (C=O) groups is 2. The van der Waals surface area contributed by atoms with Crippen molar-refractivity contribution in [2.45, 2.75) is 38.5 Å². The van der Waals surface area contributed by atoms with Crippen LogP contribution in [0.5, 0.6) is 5.75 Å². The quantitative estimate of drug-likeness (QED) is 0.604. The standard InChI is InChI=1S/C26H29F3N2O3/c27-19-5-8-21(9-6-19)34-18-26(16-24(32)30-12-2-1-3-13-30)11-4-14-31(17-26)25(33)22-10-7-20(28)15-23(22)29/h5-10,15H,1-4,11-14,16-18H2. The molecule has 182 valence electrons.